The highest BCUT2D eigenvalue weighted by Crippen LogP contribution is 2.22. The second-order valence-corrected chi connectivity index (χ2v) is 7.89. The maximum atomic E-state index is 12.6. The molecule has 1 fully saturated rings. The monoisotopic (exact) mass is 445 g/mol. The topological polar surface area (TPSA) is 98.6 Å². The predicted octanol–water partition coefficient (Wildman–Crippen LogP) is 1.91. The van der Waals surface area contributed by atoms with Gasteiger partial charge in [-0.3, -0.25) is 9.59 Å². The van der Waals surface area contributed by atoms with Gasteiger partial charge in [0.15, 0.2) is 11.0 Å². The van der Waals surface area contributed by atoms with Crippen molar-refractivity contribution >= 4 is 23.6 Å². The molecule has 166 valence electrons. The number of carbonyl (C=O) groups excluding carboxylic acids is 2. The molecule has 10 heteroatoms. The minimum atomic E-state index is -0.383. The number of nitrogens with one attached hydrogen (secondary N) is 1. The number of nitrogens with zero attached hydrogens (tertiary/aromatic N) is 4. The fourth-order valence-corrected chi connectivity index (χ4v) is 4.00. The molecule has 0 saturated carbocycles. The van der Waals surface area contributed by atoms with Crippen molar-refractivity contribution in [2.75, 3.05) is 39.2 Å². The van der Waals surface area contributed by atoms with Crippen LogP contribution in [-0.4, -0.2) is 70.6 Å². The number of thioether (sulfide) groups is 1. The number of carbonyl (C=O) groups is 2. The van der Waals surface area contributed by atoms with Gasteiger partial charge in [0.05, 0.1) is 32.1 Å². The number of methoxy groups -OCH3 is 1. The fourth-order valence-electron chi connectivity index (χ4n) is 3.15. The maximum absolute atomic E-state index is 12.6. The SMILES string of the molecule is C=CCn1c(SCC(=O)N2CCOCC2)nnc1[C@@H](C)NC(=O)c1ccc(OC)cc1. The molecule has 9 nitrogen and oxygen atoms in total. The maximum Gasteiger partial charge on any atom is 0.251 e. The summed E-state index contributed by atoms with van der Waals surface area (Å²) < 4.78 is 12.3. The normalized spacial score (nSPS) is 14.7. The van der Waals surface area contributed by atoms with Crippen LogP contribution >= 0.6 is 11.8 Å². The van der Waals surface area contributed by atoms with E-state index >= 15 is 0 Å². The molecule has 31 heavy (non-hydrogen) atoms. The van der Waals surface area contributed by atoms with Gasteiger partial charge in [-0.1, -0.05) is 17.8 Å². The van der Waals surface area contributed by atoms with E-state index in [1.807, 2.05) is 11.5 Å². The lowest BCUT2D eigenvalue weighted by molar-refractivity contribution is -0.132. The molecule has 2 heterocycles. The van der Waals surface area contributed by atoms with E-state index in [1.165, 1.54) is 11.8 Å². The van der Waals surface area contributed by atoms with Gasteiger partial charge in [-0.15, -0.1) is 16.8 Å². The van der Waals surface area contributed by atoms with Crippen LogP contribution < -0.4 is 10.1 Å². The molecule has 0 radical (unpaired) electrons. The Balaban J connectivity index is 1.65. The van der Waals surface area contributed by atoms with Crippen molar-refractivity contribution in [2.45, 2.75) is 24.7 Å². The van der Waals surface area contributed by atoms with Crippen molar-refractivity contribution in [1.82, 2.24) is 25.0 Å². The third-order valence-corrected chi connectivity index (χ3v) is 5.78. The Labute approximate surface area is 185 Å². The van der Waals surface area contributed by atoms with Gasteiger partial charge in [0.1, 0.15) is 5.75 Å². The summed E-state index contributed by atoms with van der Waals surface area (Å²) in [7, 11) is 1.58. The Morgan fingerprint density at radius 1 is 1.29 bits per heavy atom. The van der Waals surface area contributed by atoms with Crippen LogP contribution in [0.3, 0.4) is 0 Å². The molecule has 1 aromatic heterocycles. The fraction of sp³-hybridized carbons (Fsp3) is 0.429. The minimum absolute atomic E-state index is 0.0452. The predicted molar refractivity (Wildman–Crippen MR) is 117 cm³/mol. The molecule has 0 bridgehead atoms. The van der Waals surface area contributed by atoms with Gasteiger partial charge in [-0.2, -0.15) is 0 Å². The van der Waals surface area contributed by atoms with E-state index in [0.29, 0.717) is 55.1 Å². The van der Waals surface area contributed by atoms with Crippen molar-refractivity contribution in [1.29, 1.82) is 0 Å². The standard InChI is InChI=1S/C21H27N5O4S/c1-4-9-26-19(15(2)22-20(28)16-5-7-17(29-3)8-6-16)23-24-21(26)31-14-18(27)25-10-12-30-13-11-25/h4-8,15H,1,9-14H2,2-3H3,(H,22,28)/t15-/m1/s1. The zero-order chi connectivity index (χ0) is 22.2. The smallest absolute Gasteiger partial charge is 0.251 e. The van der Waals surface area contributed by atoms with Gasteiger partial charge >= 0.3 is 0 Å². The molecular formula is C21H27N5O4S. The summed E-state index contributed by atoms with van der Waals surface area (Å²) in [6, 6.07) is 6.49. The number of amides is 2. The van der Waals surface area contributed by atoms with E-state index in [0.717, 1.165) is 0 Å². The quantitative estimate of drug-likeness (QED) is 0.465. The van der Waals surface area contributed by atoms with Crippen LogP contribution in [0.2, 0.25) is 0 Å². The summed E-state index contributed by atoms with van der Waals surface area (Å²) in [4.78, 5) is 26.8. The number of ether oxygens (including phenoxy) is 2. The van der Waals surface area contributed by atoms with E-state index in [9.17, 15) is 9.59 Å². The second-order valence-electron chi connectivity index (χ2n) is 6.95. The third kappa shape index (κ3) is 5.86. The van der Waals surface area contributed by atoms with Crippen LogP contribution in [0.15, 0.2) is 42.1 Å². The Morgan fingerprint density at radius 2 is 2.00 bits per heavy atom. The molecule has 0 unspecified atom stereocenters. The van der Waals surface area contributed by atoms with Crippen LogP contribution in [0.25, 0.3) is 0 Å². The summed E-state index contributed by atoms with van der Waals surface area (Å²) in [6.07, 6.45) is 1.73. The number of hydrogen-bond acceptors (Lipinski definition) is 7. The first kappa shape index (κ1) is 22.8. The van der Waals surface area contributed by atoms with Crippen LogP contribution in [0.5, 0.6) is 5.75 Å². The summed E-state index contributed by atoms with van der Waals surface area (Å²) in [5.74, 6) is 1.37. The molecule has 1 saturated heterocycles. The molecule has 1 N–H and O–H groups in total. The number of benzene rings is 1. The van der Waals surface area contributed by atoms with Crippen molar-refractivity contribution in [3.63, 3.8) is 0 Å². The second kappa shape index (κ2) is 11.0. The lowest BCUT2D eigenvalue weighted by Crippen LogP contribution is -2.41. The molecule has 0 spiro atoms. The molecule has 1 aliphatic rings. The zero-order valence-corrected chi connectivity index (χ0v) is 18.6. The molecule has 1 atom stereocenters. The Hall–Kier alpha value is -2.85. The number of morpholine rings is 1. The molecule has 3 rings (SSSR count). The van der Waals surface area contributed by atoms with Crippen molar-refractivity contribution < 1.29 is 19.1 Å². The van der Waals surface area contributed by atoms with Gasteiger partial charge in [0.2, 0.25) is 5.91 Å². The van der Waals surface area contributed by atoms with Gasteiger partial charge in [0, 0.05) is 25.2 Å². The number of rotatable bonds is 9. The highest BCUT2D eigenvalue weighted by Gasteiger charge is 2.22. The molecule has 0 aliphatic carbocycles. The summed E-state index contributed by atoms with van der Waals surface area (Å²) in [5.41, 5.74) is 0.521. The first-order valence-electron chi connectivity index (χ1n) is 10.0. The number of allylic oxidation sites excluding steroid dienone is 1. The highest BCUT2D eigenvalue weighted by molar-refractivity contribution is 7.99. The first-order valence-corrected chi connectivity index (χ1v) is 11.0. The molecular weight excluding hydrogens is 418 g/mol. The van der Waals surface area contributed by atoms with Crippen LogP contribution in [0.4, 0.5) is 0 Å². The van der Waals surface area contributed by atoms with E-state index in [-0.39, 0.29) is 23.6 Å². The summed E-state index contributed by atoms with van der Waals surface area (Å²) >= 11 is 1.33. The molecule has 2 amide bonds. The molecule has 1 aromatic carbocycles. The first-order chi connectivity index (χ1) is 15.0. The van der Waals surface area contributed by atoms with E-state index < -0.39 is 0 Å². The van der Waals surface area contributed by atoms with Gasteiger partial charge in [0.25, 0.3) is 5.91 Å². The minimum Gasteiger partial charge on any atom is -0.497 e. The number of aromatic nitrogens is 3. The van der Waals surface area contributed by atoms with Crippen molar-refractivity contribution in [2.24, 2.45) is 0 Å². The van der Waals surface area contributed by atoms with Crippen LogP contribution in [-0.2, 0) is 16.1 Å². The van der Waals surface area contributed by atoms with Crippen molar-refractivity contribution in [3.05, 3.63) is 48.3 Å². The van der Waals surface area contributed by atoms with E-state index in [2.05, 4.69) is 22.1 Å². The van der Waals surface area contributed by atoms with Gasteiger partial charge in [-0.05, 0) is 31.2 Å². The summed E-state index contributed by atoms with van der Waals surface area (Å²) in [6.45, 7) is 8.47. The Morgan fingerprint density at radius 3 is 2.65 bits per heavy atom. The summed E-state index contributed by atoms with van der Waals surface area (Å²) in [5, 5.41) is 12.1. The van der Waals surface area contributed by atoms with Crippen LogP contribution in [0.1, 0.15) is 29.1 Å². The van der Waals surface area contributed by atoms with Gasteiger partial charge in [-0.25, -0.2) is 0 Å². The lowest BCUT2D eigenvalue weighted by Gasteiger charge is -2.26. The van der Waals surface area contributed by atoms with Crippen molar-refractivity contribution in [3.8, 4) is 5.75 Å². The number of hydrogen-bond donors (Lipinski definition) is 1. The van der Waals surface area contributed by atoms with Crippen LogP contribution in [0, 0.1) is 0 Å². The molecule has 2 aromatic rings. The van der Waals surface area contributed by atoms with E-state index in [4.69, 9.17) is 9.47 Å². The largest absolute Gasteiger partial charge is 0.497 e. The third-order valence-electron chi connectivity index (χ3n) is 4.83. The Kier molecular flexibility index (Phi) is 8.07. The zero-order valence-electron chi connectivity index (χ0n) is 17.7. The van der Waals surface area contributed by atoms with E-state index in [1.54, 1.807) is 42.4 Å². The highest BCUT2D eigenvalue weighted by atomic mass is 32.2. The lowest BCUT2D eigenvalue weighted by atomic mass is 10.2. The molecule has 1 aliphatic heterocycles. The average molecular weight is 446 g/mol. The van der Waals surface area contributed by atoms with Gasteiger partial charge < -0.3 is 24.3 Å². The Bertz CT molecular complexity index is 909. The average Bonchev–Trinajstić information content (AvgIpc) is 3.21.